The number of pyridine rings is 1. The molecule has 1 aromatic rings. The van der Waals surface area contributed by atoms with Gasteiger partial charge in [0.05, 0.1) is 11.9 Å². The summed E-state index contributed by atoms with van der Waals surface area (Å²) in [6, 6.07) is 3.33. The van der Waals surface area contributed by atoms with Crippen LogP contribution in [-0.4, -0.2) is 31.2 Å². The summed E-state index contributed by atoms with van der Waals surface area (Å²) in [5.41, 5.74) is 3.50. The maximum Gasteiger partial charge on any atom is 0.269 e. The number of hydrogen-bond acceptors (Lipinski definition) is 5. The lowest BCUT2D eigenvalue weighted by molar-refractivity contribution is 0.0946. The minimum absolute atomic E-state index is 0.175. The molecular weight excluding hydrogens is 220 g/mol. The van der Waals surface area contributed by atoms with Crippen LogP contribution in [0.2, 0.25) is 0 Å². The number of rotatable bonds is 7. The molecule has 0 saturated heterocycles. The zero-order valence-corrected chi connectivity index (χ0v) is 9.90. The second-order valence-corrected chi connectivity index (χ2v) is 3.53. The molecule has 0 bridgehead atoms. The summed E-state index contributed by atoms with van der Waals surface area (Å²) in [5, 5.41) is 2.79. The predicted octanol–water partition coefficient (Wildman–Crippen LogP) is 0.524. The molecule has 0 aliphatic rings. The lowest BCUT2D eigenvalue weighted by Crippen LogP contribution is -2.25. The Balaban J connectivity index is 2.31. The molecule has 0 fully saturated rings. The first-order chi connectivity index (χ1) is 8.27. The van der Waals surface area contributed by atoms with Crippen molar-refractivity contribution in [2.75, 3.05) is 25.7 Å². The Morgan fingerprint density at radius 1 is 1.47 bits per heavy atom. The molecule has 4 N–H and O–H groups in total. The molecule has 0 aromatic carbocycles. The second kappa shape index (κ2) is 7.59. The molecule has 94 valence electrons. The fraction of sp³-hybridized carbons (Fsp3) is 0.455. The number of amides is 1. The minimum Gasteiger partial charge on any atom is -0.385 e. The van der Waals surface area contributed by atoms with Crippen LogP contribution < -0.4 is 16.6 Å². The van der Waals surface area contributed by atoms with E-state index in [0.717, 1.165) is 12.8 Å². The van der Waals surface area contributed by atoms with Crippen LogP contribution >= 0.6 is 0 Å². The van der Waals surface area contributed by atoms with Crippen molar-refractivity contribution in [3.8, 4) is 0 Å². The Morgan fingerprint density at radius 2 is 2.29 bits per heavy atom. The molecule has 0 aliphatic carbocycles. The van der Waals surface area contributed by atoms with Gasteiger partial charge in [-0.15, -0.1) is 0 Å². The third kappa shape index (κ3) is 4.80. The van der Waals surface area contributed by atoms with E-state index in [4.69, 9.17) is 10.6 Å². The van der Waals surface area contributed by atoms with Gasteiger partial charge in [0.1, 0.15) is 5.69 Å². The van der Waals surface area contributed by atoms with Crippen LogP contribution in [0, 0.1) is 0 Å². The van der Waals surface area contributed by atoms with Gasteiger partial charge in [0.25, 0.3) is 5.91 Å². The molecule has 1 heterocycles. The van der Waals surface area contributed by atoms with Crippen molar-refractivity contribution in [2.45, 2.75) is 12.8 Å². The van der Waals surface area contributed by atoms with Gasteiger partial charge in [0.15, 0.2) is 0 Å². The molecule has 17 heavy (non-hydrogen) atoms. The van der Waals surface area contributed by atoms with E-state index in [-0.39, 0.29) is 5.91 Å². The number of hydrogen-bond donors (Lipinski definition) is 3. The average Bonchev–Trinajstić information content (AvgIpc) is 2.38. The Morgan fingerprint density at radius 3 is 2.88 bits per heavy atom. The lowest BCUT2D eigenvalue weighted by Gasteiger charge is -2.05. The van der Waals surface area contributed by atoms with E-state index >= 15 is 0 Å². The van der Waals surface area contributed by atoms with Gasteiger partial charge in [-0.2, -0.15) is 0 Å². The molecule has 0 aliphatic heterocycles. The monoisotopic (exact) mass is 238 g/mol. The van der Waals surface area contributed by atoms with E-state index in [0.29, 0.717) is 24.5 Å². The highest BCUT2D eigenvalue weighted by Gasteiger charge is 2.05. The zero-order valence-electron chi connectivity index (χ0n) is 9.90. The first-order valence-electron chi connectivity index (χ1n) is 5.47. The molecule has 0 spiro atoms. The summed E-state index contributed by atoms with van der Waals surface area (Å²) < 4.78 is 4.92. The van der Waals surface area contributed by atoms with Crippen molar-refractivity contribution >= 4 is 11.6 Å². The first kappa shape index (κ1) is 13.4. The third-order valence-electron chi connectivity index (χ3n) is 2.22. The summed E-state index contributed by atoms with van der Waals surface area (Å²) in [5.74, 6) is 5.03. The molecule has 6 heteroatoms. The van der Waals surface area contributed by atoms with Crippen molar-refractivity contribution in [2.24, 2.45) is 5.84 Å². The molecule has 1 amide bonds. The van der Waals surface area contributed by atoms with Gasteiger partial charge in [-0.1, -0.05) is 0 Å². The van der Waals surface area contributed by atoms with Crippen molar-refractivity contribution < 1.29 is 9.53 Å². The first-order valence-corrected chi connectivity index (χ1v) is 5.47. The molecule has 1 aromatic heterocycles. The van der Waals surface area contributed by atoms with Gasteiger partial charge < -0.3 is 15.5 Å². The smallest absolute Gasteiger partial charge is 0.269 e. The normalized spacial score (nSPS) is 10.0. The van der Waals surface area contributed by atoms with E-state index in [1.54, 1.807) is 19.2 Å². The Bertz CT molecular complexity index is 340. The number of nitrogens with one attached hydrogen (secondary N) is 2. The van der Waals surface area contributed by atoms with Gasteiger partial charge in [-0.3, -0.25) is 10.6 Å². The average molecular weight is 238 g/mol. The number of nitrogen functional groups attached to an aromatic ring is 1. The van der Waals surface area contributed by atoms with Crippen LogP contribution in [0.3, 0.4) is 0 Å². The number of carbonyl (C=O) groups excluding carboxylic acids is 1. The quantitative estimate of drug-likeness (QED) is 0.366. The number of aromatic nitrogens is 1. The third-order valence-corrected chi connectivity index (χ3v) is 2.22. The number of nitrogens with two attached hydrogens (primary N) is 1. The standard InChI is InChI=1S/C11H18N4O2/c1-17-7-3-2-6-13-11(16)10-5-4-9(15-12)8-14-10/h4-5,8,15H,2-3,6-7,12H2,1H3,(H,13,16). The molecule has 6 nitrogen and oxygen atoms in total. The van der Waals surface area contributed by atoms with E-state index in [2.05, 4.69) is 15.7 Å². The minimum atomic E-state index is -0.175. The maximum atomic E-state index is 11.6. The molecule has 0 saturated carbocycles. The van der Waals surface area contributed by atoms with E-state index in [1.807, 2.05) is 0 Å². The predicted molar refractivity (Wildman–Crippen MR) is 65.5 cm³/mol. The van der Waals surface area contributed by atoms with Crippen molar-refractivity contribution in [1.29, 1.82) is 0 Å². The van der Waals surface area contributed by atoms with Gasteiger partial charge in [-0.05, 0) is 25.0 Å². The lowest BCUT2D eigenvalue weighted by atomic mass is 10.3. The molecule has 0 radical (unpaired) electrons. The largest absolute Gasteiger partial charge is 0.385 e. The Hall–Kier alpha value is -1.66. The van der Waals surface area contributed by atoms with Gasteiger partial charge in [0, 0.05) is 20.3 Å². The molecular formula is C11H18N4O2. The van der Waals surface area contributed by atoms with Crippen molar-refractivity contribution in [1.82, 2.24) is 10.3 Å². The topological polar surface area (TPSA) is 89.3 Å². The van der Waals surface area contributed by atoms with Crippen LogP contribution in [0.1, 0.15) is 23.3 Å². The van der Waals surface area contributed by atoms with Gasteiger partial charge >= 0.3 is 0 Å². The molecule has 0 unspecified atom stereocenters. The highest BCUT2D eigenvalue weighted by Crippen LogP contribution is 2.03. The summed E-state index contributed by atoms with van der Waals surface area (Å²) in [7, 11) is 1.66. The van der Waals surface area contributed by atoms with Crippen molar-refractivity contribution in [3.63, 3.8) is 0 Å². The highest BCUT2D eigenvalue weighted by atomic mass is 16.5. The fourth-order valence-electron chi connectivity index (χ4n) is 1.28. The van der Waals surface area contributed by atoms with Crippen LogP contribution in [0.15, 0.2) is 18.3 Å². The van der Waals surface area contributed by atoms with Crippen LogP contribution in [0.5, 0.6) is 0 Å². The summed E-state index contributed by atoms with van der Waals surface area (Å²) in [4.78, 5) is 15.6. The van der Waals surface area contributed by atoms with Crippen LogP contribution in [-0.2, 0) is 4.74 Å². The molecule has 1 rings (SSSR count). The summed E-state index contributed by atoms with van der Waals surface area (Å²) in [6.45, 7) is 1.34. The van der Waals surface area contributed by atoms with Crippen molar-refractivity contribution in [3.05, 3.63) is 24.0 Å². The number of methoxy groups -OCH3 is 1. The Labute approximate surface area is 101 Å². The maximum absolute atomic E-state index is 11.6. The number of nitrogens with zero attached hydrogens (tertiary/aromatic N) is 1. The Kier molecular flexibility index (Phi) is 5.98. The zero-order chi connectivity index (χ0) is 12.5. The van der Waals surface area contributed by atoms with E-state index < -0.39 is 0 Å². The molecule has 0 atom stereocenters. The van der Waals surface area contributed by atoms with Gasteiger partial charge in [0.2, 0.25) is 0 Å². The van der Waals surface area contributed by atoms with Crippen LogP contribution in [0.4, 0.5) is 5.69 Å². The summed E-state index contributed by atoms with van der Waals surface area (Å²) in [6.07, 6.45) is 3.34. The number of hydrazine groups is 1. The van der Waals surface area contributed by atoms with Crippen LogP contribution in [0.25, 0.3) is 0 Å². The number of anilines is 1. The second-order valence-electron chi connectivity index (χ2n) is 3.53. The van der Waals surface area contributed by atoms with E-state index in [9.17, 15) is 4.79 Å². The highest BCUT2D eigenvalue weighted by molar-refractivity contribution is 5.92. The SMILES string of the molecule is COCCCCNC(=O)c1ccc(NN)cn1. The van der Waals surface area contributed by atoms with Gasteiger partial charge in [-0.25, -0.2) is 4.98 Å². The fourth-order valence-corrected chi connectivity index (χ4v) is 1.28. The number of unbranched alkanes of at least 4 members (excludes halogenated alkanes) is 1. The number of carbonyl (C=O) groups is 1. The number of ether oxygens (including phenoxy) is 1. The van der Waals surface area contributed by atoms with E-state index in [1.165, 1.54) is 6.20 Å². The summed E-state index contributed by atoms with van der Waals surface area (Å²) >= 11 is 0.